The van der Waals surface area contributed by atoms with E-state index in [9.17, 15) is 4.79 Å². The maximum absolute atomic E-state index is 11.3. The second-order valence-electron chi connectivity index (χ2n) is 6.34. The molecule has 0 fully saturated rings. The second-order valence-corrected chi connectivity index (χ2v) is 6.34. The fraction of sp³-hybridized carbons (Fsp3) is 0.300. The lowest BCUT2D eigenvalue weighted by Crippen LogP contribution is -2.22. The van der Waals surface area contributed by atoms with E-state index in [1.807, 2.05) is 24.3 Å². The summed E-state index contributed by atoms with van der Waals surface area (Å²) in [6, 6.07) is 11.0. The van der Waals surface area contributed by atoms with Gasteiger partial charge in [-0.15, -0.1) is 0 Å². The van der Waals surface area contributed by atoms with Gasteiger partial charge in [0.05, 0.1) is 24.4 Å². The number of pyridine rings is 1. The quantitative estimate of drug-likeness (QED) is 0.556. The SMILES string of the molecule is CCC(CNc1nc(N)nc2ccc(-c3ccc(NC(=O)OC)cc3)nc12)OC. The summed E-state index contributed by atoms with van der Waals surface area (Å²) < 4.78 is 10.0. The molecule has 0 aliphatic heterocycles. The zero-order chi connectivity index (χ0) is 20.8. The van der Waals surface area contributed by atoms with Crippen molar-refractivity contribution in [3.63, 3.8) is 0 Å². The minimum absolute atomic E-state index is 0.0549. The van der Waals surface area contributed by atoms with Gasteiger partial charge in [0.1, 0.15) is 5.52 Å². The predicted molar refractivity (Wildman–Crippen MR) is 113 cm³/mol. The van der Waals surface area contributed by atoms with Gasteiger partial charge in [-0.3, -0.25) is 5.32 Å². The molecule has 0 radical (unpaired) electrons. The molecule has 3 rings (SSSR count). The van der Waals surface area contributed by atoms with Crippen LogP contribution in [0.5, 0.6) is 0 Å². The molecule has 2 aromatic heterocycles. The number of anilines is 3. The number of hydrogen-bond acceptors (Lipinski definition) is 8. The molecule has 0 saturated heterocycles. The summed E-state index contributed by atoms with van der Waals surface area (Å²) >= 11 is 0. The number of amides is 1. The number of nitrogens with two attached hydrogens (primary N) is 1. The average Bonchev–Trinajstić information content (AvgIpc) is 2.74. The van der Waals surface area contributed by atoms with E-state index < -0.39 is 6.09 Å². The first-order valence-corrected chi connectivity index (χ1v) is 9.20. The smallest absolute Gasteiger partial charge is 0.411 e. The highest BCUT2D eigenvalue weighted by Crippen LogP contribution is 2.25. The van der Waals surface area contributed by atoms with Crippen molar-refractivity contribution in [2.45, 2.75) is 19.4 Å². The topological polar surface area (TPSA) is 124 Å². The van der Waals surface area contributed by atoms with Crippen molar-refractivity contribution in [1.82, 2.24) is 15.0 Å². The Balaban J connectivity index is 1.91. The Morgan fingerprint density at radius 2 is 1.86 bits per heavy atom. The molecule has 0 bridgehead atoms. The summed E-state index contributed by atoms with van der Waals surface area (Å²) in [5.41, 5.74) is 9.38. The van der Waals surface area contributed by atoms with E-state index in [0.29, 0.717) is 29.1 Å². The van der Waals surface area contributed by atoms with E-state index in [0.717, 1.165) is 17.7 Å². The summed E-state index contributed by atoms with van der Waals surface area (Å²) in [6.07, 6.45) is 0.403. The van der Waals surface area contributed by atoms with E-state index in [1.54, 1.807) is 19.2 Å². The van der Waals surface area contributed by atoms with Crippen LogP contribution in [0.3, 0.4) is 0 Å². The van der Waals surface area contributed by atoms with Gasteiger partial charge >= 0.3 is 6.09 Å². The average molecular weight is 396 g/mol. The molecule has 0 saturated carbocycles. The third-order valence-corrected chi connectivity index (χ3v) is 4.46. The molecule has 9 heteroatoms. The third-order valence-electron chi connectivity index (χ3n) is 4.46. The number of nitrogens with one attached hydrogen (secondary N) is 2. The van der Waals surface area contributed by atoms with Crippen LogP contribution in [0.2, 0.25) is 0 Å². The molecule has 1 unspecified atom stereocenters. The Bertz CT molecular complexity index is 989. The molecule has 0 aliphatic carbocycles. The highest BCUT2D eigenvalue weighted by atomic mass is 16.5. The largest absolute Gasteiger partial charge is 0.453 e. The zero-order valence-corrected chi connectivity index (χ0v) is 16.6. The molecular formula is C20H24N6O3. The molecule has 0 aliphatic rings. The Hall–Kier alpha value is -3.46. The van der Waals surface area contributed by atoms with E-state index in [4.69, 9.17) is 15.5 Å². The van der Waals surface area contributed by atoms with E-state index in [-0.39, 0.29) is 12.1 Å². The molecule has 0 spiro atoms. The number of ether oxygens (including phenoxy) is 2. The normalized spacial score (nSPS) is 11.8. The number of fused-ring (bicyclic) bond motifs is 1. The van der Waals surface area contributed by atoms with Gasteiger partial charge in [0.2, 0.25) is 5.95 Å². The highest BCUT2D eigenvalue weighted by molar-refractivity contribution is 5.88. The Morgan fingerprint density at radius 3 is 2.52 bits per heavy atom. The molecular weight excluding hydrogens is 372 g/mol. The van der Waals surface area contributed by atoms with Crippen molar-refractivity contribution in [2.75, 3.05) is 37.1 Å². The number of nitrogens with zero attached hydrogens (tertiary/aromatic N) is 3. The Labute approximate surface area is 168 Å². The van der Waals surface area contributed by atoms with E-state index >= 15 is 0 Å². The standard InChI is InChI=1S/C20H24N6O3/c1-4-14(28-2)11-22-18-17-16(25-19(21)26-18)10-9-15(24-17)12-5-7-13(8-6-12)23-20(27)29-3/h5-10,14H,4,11H2,1-3H3,(H,23,27)(H3,21,22,25,26). The van der Waals surface area contributed by atoms with Crippen molar-refractivity contribution in [3.8, 4) is 11.3 Å². The number of carbonyl (C=O) groups is 1. The summed E-state index contributed by atoms with van der Waals surface area (Å²) in [5, 5.41) is 5.88. The minimum atomic E-state index is -0.520. The Morgan fingerprint density at radius 1 is 1.10 bits per heavy atom. The number of carbonyl (C=O) groups excluding carboxylic acids is 1. The number of aromatic nitrogens is 3. The van der Waals surface area contributed by atoms with Crippen LogP contribution in [0.15, 0.2) is 36.4 Å². The van der Waals surface area contributed by atoms with E-state index in [2.05, 4.69) is 32.3 Å². The van der Waals surface area contributed by atoms with Crippen molar-refractivity contribution >= 4 is 34.6 Å². The fourth-order valence-corrected chi connectivity index (χ4v) is 2.81. The lowest BCUT2D eigenvalue weighted by Gasteiger charge is -2.15. The molecule has 29 heavy (non-hydrogen) atoms. The zero-order valence-electron chi connectivity index (χ0n) is 16.6. The van der Waals surface area contributed by atoms with Gasteiger partial charge in [0, 0.05) is 24.9 Å². The molecule has 1 amide bonds. The molecule has 9 nitrogen and oxygen atoms in total. The van der Waals surface area contributed by atoms with Gasteiger partial charge in [-0.2, -0.15) is 4.98 Å². The second kappa shape index (κ2) is 9.16. The summed E-state index contributed by atoms with van der Waals surface area (Å²) in [7, 11) is 3.00. The number of nitrogen functional groups attached to an aromatic ring is 1. The monoisotopic (exact) mass is 396 g/mol. The van der Waals surface area contributed by atoms with Gasteiger partial charge in [-0.1, -0.05) is 19.1 Å². The van der Waals surface area contributed by atoms with Crippen molar-refractivity contribution in [1.29, 1.82) is 0 Å². The predicted octanol–water partition coefficient (Wildman–Crippen LogP) is 3.29. The minimum Gasteiger partial charge on any atom is -0.453 e. The van der Waals surface area contributed by atoms with Crippen LogP contribution in [-0.4, -0.2) is 47.9 Å². The van der Waals surface area contributed by atoms with Crippen LogP contribution in [0, 0.1) is 0 Å². The lowest BCUT2D eigenvalue weighted by molar-refractivity contribution is 0.110. The number of hydrogen-bond donors (Lipinski definition) is 3. The van der Waals surface area contributed by atoms with Crippen molar-refractivity contribution in [3.05, 3.63) is 36.4 Å². The third kappa shape index (κ3) is 4.88. The van der Waals surface area contributed by atoms with Gasteiger partial charge in [0.15, 0.2) is 5.82 Å². The number of benzene rings is 1. The molecule has 3 aromatic rings. The number of methoxy groups -OCH3 is 2. The molecule has 1 atom stereocenters. The van der Waals surface area contributed by atoms with Crippen molar-refractivity contribution in [2.24, 2.45) is 0 Å². The van der Waals surface area contributed by atoms with Crippen LogP contribution in [0.4, 0.5) is 22.2 Å². The van der Waals surface area contributed by atoms with Gasteiger partial charge < -0.3 is 20.5 Å². The van der Waals surface area contributed by atoms with Crippen LogP contribution < -0.4 is 16.4 Å². The molecule has 2 heterocycles. The summed E-state index contributed by atoms with van der Waals surface area (Å²) in [6.45, 7) is 2.63. The first-order valence-electron chi connectivity index (χ1n) is 9.20. The summed E-state index contributed by atoms with van der Waals surface area (Å²) in [4.78, 5) is 24.6. The van der Waals surface area contributed by atoms with Gasteiger partial charge in [0.25, 0.3) is 0 Å². The number of rotatable bonds is 7. The van der Waals surface area contributed by atoms with Crippen LogP contribution in [-0.2, 0) is 9.47 Å². The van der Waals surface area contributed by atoms with Crippen LogP contribution in [0.1, 0.15) is 13.3 Å². The molecule has 1 aromatic carbocycles. The highest BCUT2D eigenvalue weighted by Gasteiger charge is 2.12. The summed E-state index contributed by atoms with van der Waals surface area (Å²) in [5.74, 6) is 0.743. The lowest BCUT2D eigenvalue weighted by atomic mass is 10.1. The van der Waals surface area contributed by atoms with E-state index in [1.165, 1.54) is 7.11 Å². The van der Waals surface area contributed by atoms with Crippen LogP contribution in [0.25, 0.3) is 22.3 Å². The van der Waals surface area contributed by atoms with Gasteiger partial charge in [-0.05, 0) is 30.7 Å². The first kappa shape index (κ1) is 20.3. The molecule has 4 N–H and O–H groups in total. The fourth-order valence-electron chi connectivity index (χ4n) is 2.81. The maximum Gasteiger partial charge on any atom is 0.411 e. The Kier molecular flexibility index (Phi) is 6.40. The maximum atomic E-state index is 11.3. The van der Waals surface area contributed by atoms with Crippen molar-refractivity contribution < 1.29 is 14.3 Å². The van der Waals surface area contributed by atoms with Gasteiger partial charge in [-0.25, -0.2) is 14.8 Å². The first-order chi connectivity index (χ1) is 14.0. The van der Waals surface area contributed by atoms with Crippen LogP contribution >= 0.6 is 0 Å². The molecule has 152 valence electrons.